The first-order chi connectivity index (χ1) is 8.02. The van der Waals surface area contributed by atoms with Crippen molar-refractivity contribution in [1.29, 1.82) is 0 Å². The highest BCUT2D eigenvalue weighted by Crippen LogP contribution is 2.05. The Balaban J connectivity index is 0.000000171. The molecule has 2 aliphatic heterocycles. The number of carbonyl (C=O) groups is 1. The maximum absolute atomic E-state index is 10.2. The van der Waals surface area contributed by atoms with Gasteiger partial charge in [0.15, 0.2) is 0 Å². The molecule has 2 aliphatic rings. The molecule has 2 saturated heterocycles. The lowest BCUT2D eigenvalue weighted by molar-refractivity contribution is -0.139. The largest absolute Gasteiger partial charge is 0.480 e. The number of nitrogens with one attached hydrogen (secondary N) is 2. The summed E-state index contributed by atoms with van der Waals surface area (Å²) in [5.41, 5.74) is 0. The summed E-state index contributed by atoms with van der Waals surface area (Å²) in [6.07, 6.45) is 0.296. The van der Waals surface area contributed by atoms with Gasteiger partial charge in [-0.1, -0.05) is 0 Å². The summed E-state index contributed by atoms with van der Waals surface area (Å²) in [5.74, 6) is -0.883. The Labute approximate surface area is 99.5 Å². The minimum atomic E-state index is -0.883. The van der Waals surface area contributed by atoms with Gasteiger partial charge in [-0.2, -0.15) is 0 Å². The van der Waals surface area contributed by atoms with E-state index in [4.69, 9.17) is 20.4 Å². The first kappa shape index (κ1) is 14.3. The molecule has 0 saturated carbocycles. The zero-order chi connectivity index (χ0) is 12.8. The highest BCUT2D eigenvalue weighted by atomic mass is 16.4. The molecule has 2 rings (SSSR count). The van der Waals surface area contributed by atoms with Crippen molar-refractivity contribution in [3.8, 4) is 0 Å². The normalized spacial score (nSPS) is 36.4. The molecule has 17 heavy (non-hydrogen) atoms. The first-order valence-corrected chi connectivity index (χ1v) is 5.69. The maximum atomic E-state index is 10.2. The van der Waals surface area contributed by atoms with Crippen LogP contribution in [0.3, 0.4) is 0 Å². The number of hydrogen-bond donors (Lipinski definition) is 6. The monoisotopic (exact) mass is 248 g/mol. The van der Waals surface area contributed by atoms with Crippen molar-refractivity contribution in [2.75, 3.05) is 19.7 Å². The van der Waals surface area contributed by atoms with Crippen LogP contribution in [0.15, 0.2) is 0 Å². The zero-order valence-electron chi connectivity index (χ0n) is 9.54. The topological polar surface area (TPSA) is 122 Å². The molecule has 7 heteroatoms. The number of aliphatic hydroxyl groups is 3. The molecule has 0 unspecified atom stereocenters. The maximum Gasteiger partial charge on any atom is 0.320 e. The third kappa shape index (κ3) is 4.97. The fourth-order valence-electron chi connectivity index (χ4n) is 1.84. The fourth-order valence-corrected chi connectivity index (χ4v) is 1.84. The van der Waals surface area contributed by atoms with Gasteiger partial charge in [0, 0.05) is 25.6 Å². The zero-order valence-corrected chi connectivity index (χ0v) is 9.54. The van der Waals surface area contributed by atoms with Crippen LogP contribution < -0.4 is 10.6 Å². The second-order valence-corrected chi connectivity index (χ2v) is 4.37. The van der Waals surface area contributed by atoms with Crippen LogP contribution >= 0.6 is 0 Å². The van der Waals surface area contributed by atoms with Gasteiger partial charge in [0.2, 0.25) is 0 Å². The summed E-state index contributed by atoms with van der Waals surface area (Å²) in [5, 5.41) is 40.2. The summed E-state index contributed by atoms with van der Waals surface area (Å²) in [7, 11) is 0. The molecule has 2 fully saturated rings. The van der Waals surface area contributed by atoms with Crippen molar-refractivity contribution in [2.24, 2.45) is 0 Å². The molecule has 0 aliphatic carbocycles. The van der Waals surface area contributed by atoms with E-state index in [1.807, 2.05) is 0 Å². The molecule has 0 aromatic carbocycles. The van der Waals surface area contributed by atoms with Crippen LogP contribution in [0.5, 0.6) is 0 Å². The van der Waals surface area contributed by atoms with Crippen LogP contribution in [0, 0.1) is 0 Å². The Bertz CT molecular complexity index is 251. The number of carboxylic acids is 1. The van der Waals surface area contributed by atoms with Gasteiger partial charge in [-0.25, -0.2) is 0 Å². The average Bonchev–Trinajstić information content (AvgIpc) is 2.88. The molecular weight excluding hydrogens is 228 g/mol. The Hall–Kier alpha value is -0.730. The van der Waals surface area contributed by atoms with Crippen molar-refractivity contribution in [3.05, 3.63) is 0 Å². The quantitative estimate of drug-likeness (QED) is 0.319. The summed E-state index contributed by atoms with van der Waals surface area (Å²) < 4.78 is 0. The van der Waals surface area contributed by atoms with Crippen LogP contribution in [0.4, 0.5) is 0 Å². The second kappa shape index (κ2) is 6.87. The summed E-state index contributed by atoms with van der Waals surface area (Å²) in [6, 6.07) is -0.412. The number of aliphatic carboxylic acids is 1. The molecule has 6 N–H and O–H groups in total. The van der Waals surface area contributed by atoms with Crippen LogP contribution in [-0.2, 0) is 4.79 Å². The molecule has 0 aromatic heterocycles. The average molecular weight is 248 g/mol. The van der Waals surface area contributed by atoms with Crippen molar-refractivity contribution in [3.63, 3.8) is 0 Å². The van der Waals surface area contributed by atoms with Gasteiger partial charge in [0.25, 0.3) is 0 Å². The molecule has 0 radical (unpaired) electrons. The summed E-state index contributed by atoms with van der Waals surface area (Å²) >= 11 is 0. The molecule has 0 bridgehead atoms. The standard InChI is InChI=1S/C5H9NO3.C5H11NO2/c7-3-1-4(5(8)9)6-2-3;7-3-4-1-5(8)2-6-4/h3-4,6-7H,1-2H2,(H,8,9);4-8H,1-3H2/t3-,4+;4-,5+/m10/s1. The van der Waals surface area contributed by atoms with Crippen molar-refractivity contribution < 1.29 is 25.2 Å². The minimum Gasteiger partial charge on any atom is -0.480 e. The van der Waals surface area contributed by atoms with Crippen LogP contribution in [0.25, 0.3) is 0 Å². The highest BCUT2D eigenvalue weighted by Gasteiger charge is 2.27. The predicted octanol–water partition coefficient (Wildman–Crippen LogP) is -2.50. The van der Waals surface area contributed by atoms with E-state index in [-0.39, 0.29) is 18.8 Å². The number of hydrogen-bond acceptors (Lipinski definition) is 6. The Morgan fingerprint density at radius 2 is 1.71 bits per heavy atom. The van der Waals surface area contributed by atoms with Gasteiger partial charge in [0.1, 0.15) is 6.04 Å². The SMILES string of the molecule is O=C(O)[C@@H]1C[C@@H](O)CN1.OC[C@@H]1C[C@@H](O)CN1. The Morgan fingerprint density at radius 3 is 1.94 bits per heavy atom. The molecule has 4 atom stereocenters. The molecule has 0 amide bonds. The van der Waals surface area contributed by atoms with E-state index in [2.05, 4.69) is 10.6 Å². The van der Waals surface area contributed by atoms with E-state index in [1.54, 1.807) is 0 Å². The molecule has 100 valence electrons. The number of aliphatic hydroxyl groups excluding tert-OH is 3. The third-order valence-electron chi connectivity index (χ3n) is 2.82. The lowest BCUT2D eigenvalue weighted by Gasteiger charge is -2.01. The van der Waals surface area contributed by atoms with Crippen molar-refractivity contribution in [2.45, 2.75) is 37.1 Å². The van der Waals surface area contributed by atoms with Crippen molar-refractivity contribution >= 4 is 5.97 Å². The molecule has 0 spiro atoms. The van der Waals surface area contributed by atoms with Gasteiger partial charge in [-0.05, 0) is 6.42 Å². The van der Waals surface area contributed by atoms with Gasteiger partial charge < -0.3 is 31.1 Å². The molecule has 0 aromatic rings. The van der Waals surface area contributed by atoms with Crippen LogP contribution in [-0.4, -0.2) is 70.4 Å². The smallest absolute Gasteiger partial charge is 0.320 e. The number of carboxylic acid groups (broad SMARTS) is 1. The predicted molar refractivity (Wildman–Crippen MR) is 59.6 cm³/mol. The van der Waals surface area contributed by atoms with E-state index in [9.17, 15) is 4.79 Å². The molecule has 2 heterocycles. The summed E-state index contributed by atoms with van der Waals surface area (Å²) in [6.45, 7) is 1.17. The second-order valence-electron chi connectivity index (χ2n) is 4.37. The highest BCUT2D eigenvalue weighted by molar-refractivity contribution is 5.73. The van der Waals surface area contributed by atoms with Crippen LogP contribution in [0.1, 0.15) is 12.8 Å². The lowest BCUT2D eigenvalue weighted by atomic mass is 10.2. The minimum absolute atomic E-state index is 0.130. The van der Waals surface area contributed by atoms with Gasteiger partial charge in [-0.15, -0.1) is 0 Å². The third-order valence-corrected chi connectivity index (χ3v) is 2.82. The Morgan fingerprint density at radius 1 is 1.12 bits per heavy atom. The van der Waals surface area contributed by atoms with E-state index in [0.29, 0.717) is 25.9 Å². The molecule has 7 nitrogen and oxygen atoms in total. The van der Waals surface area contributed by atoms with Gasteiger partial charge >= 0.3 is 5.97 Å². The van der Waals surface area contributed by atoms with Gasteiger partial charge in [-0.3, -0.25) is 4.79 Å². The molecular formula is C10H20N2O5. The van der Waals surface area contributed by atoms with E-state index in [1.165, 1.54) is 0 Å². The van der Waals surface area contributed by atoms with Crippen LogP contribution in [0.2, 0.25) is 0 Å². The van der Waals surface area contributed by atoms with Crippen molar-refractivity contribution in [1.82, 2.24) is 10.6 Å². The van der Waals surface area contributed by atoms with E-state index in [0.717, 1.165) is 0 Å². The van der Waals surface area contributed by atoms with E-state index < -0.39 is 18.1 Å². The fraction of sp³-hybridized carbons (Fsp3) is 0.900. The first-order valence-electron chi connectivity index (χ1n) is 5.69. The number of β-amino-alcohol motifs (C(OH)–C–C–N with tert-alkyl or cyclic N) is 2. The lowest BCUT2D eigenvalue weighted by Crippen LogP contribution is -2.29. The number of rotatable bonds is 2. The van der Waals surface area contributed by atoms with E-state index >= 15 is 0 Å². The Kier molecular flexibility index (Phi) is 5.79. The van der Waals surface area contributed by atoms with Gasteiger partial charge in [0.05, 0.1) is 18.8 Å². The summed E-state index contributed by atoms with van der Waals surface area (Å²) in [4.78, 5) is 10.2.